The molecule has 1 unspecified atom stereocenters. The van der Waals surface area contributed by atoms with E-state index in [1.54, 1.807) is 47.4 Å². The van der Waals surface area contributed by atoms with E-state index in [2.05, 4.69) is 26.3 Å². The number of urea groups is 1. The molecule has 8 rings (SSSR count). The third-order valence-corrected chi connectivity index (χ3v) is 12.4. The summed E-state index contributed by atoms with van der Waals surface area (Å²) in [6.07, 6.45) is 4.18. The minimum absolute atomic E-state index is 0.0676. The lowest BCUT2D eigenvalue weighted by Gasteiger charge is -2.45. The number of nitrogens with zero attached hydrogens (tertiary/aromatic N) is 7. The summed E-state index contributed by atoms with van der Waals surface area (Å²) in [5.41, 5.74) is 6.02. The van der Waals surface area contributed by atoms with E-state index in [0.717, 1.165) is 59.7 Å². The number of fused-ring (bicyclic) bond motifs is 1. The van der Waals surface area contributed by atoms with Gasteiger partial charge in [0.25, 0.3) is 5.92 Å². The summed E-state index contributed by atoms with van der Waals surface area (Å²) in [7, 11) is 1.59. The zero-order valence-electron chi connectivity index (χ0n) is 36.2. The van der Waals surface area contributed by atoms with Crippen LogP contribution in [0.15, 0.2) is 72.9 Å². The van der Waals surface area contributed by atoms with Gasteiger partial charge in [0.1, 0.15) is 11.4 Å². The van der Waals surface area contributed by atoms with Crippen molar-refractivity contribution in [3.05, 3.63) is 101 Å². The summed E-state index contributed by atoms with van der Waals surface area (Å²) in [5, 5.41) is 3.20. The highest BCUT2D eigenvalue weighted by atomic mass is 19.3. The van der Waals surface area contributed by atoms with Gasteiger partial charge in [-0.15, -0.1) is 0 Å². The second kappa shape index (κ2) is 17.5. The van der Waals surface area contributed by atoms with Gasteiger partial charge < -0.3 is 24.6 Å². The smallest absolute Gasteiger partial charge is 0.410 e. The van der Waals surface area contributed by atoms with Crippen LogP contribution in [-0.2, 0) is 29.0 Å². The number of anilines is 4. The third-order valence-electron chi connectivity index (χ3n) is 12.4. The number of methoxy groups -OCH3 is 1. The standard InChI is InChI=1S/C47H56F2N8O5/c1-31-26-37(12-15-41(31)56-25-20-42(58)57(44(56)59)28-32-6-13-38(61-5)14-7-32)53-22-17-36(18-23-53)55-24-19-39(47(48,49)30-55)33-8-10-35(11-9-33)51-43-50-27-34-16-21-54(29-40(34)52-43)45(60)62-46(2,3)4/h6-15,26-27,36,39H,16-25,28-30H2,1-5H3,(H,50,51,52). The van der Waals surface area contributed by atoms with Crippen molar-refractivity contribution in [2.24, 2.45) is 0 Å². The number of piperidine rings is 2. The monoisotopic (exact) mass is 850 g/mol. The van der Waals surface area contributed by atoms with Crippen molar-refractivity contribution < 1.29 is 32.6 Å². The molecular formula is C47H56F2N8O5. The molecule has 1 atom stereocenters. The fourth-order valence-electron chi connectivity index (χ4n) is 9.07. The third kappa shape index (κ3) is 9.47. The van der Waals surface area contributed by atoms with Crippen molar-refractivity contribution >= 4 is 41.0 Å². The van der Waals surface area contributed by atoms with Crippen LogP contribution in [0.1, 0.15) is 80.3 Å². The summed E-state index contributed by atoms with van der Waals surface area (Å²) in [6.45, 7) is 10.7. The Kier molecular flexibility index (Phi) is 12.1. The Morgan fingerprint density at radius 2 is 1.66 bits per heavy atom. The van der Waals surface area contributed by atoms with E-state index in [0.29, 0.717) is 62.0 Å². The van der Waals surface area contributed by atoms with Crippen LogP contribution in [0.4, 0.5) is 41.4 Å². The number of carbonyl (C=O) groups excluding carboxylic acids is 3. The van der Waals surface area contributed by atoms with Gasteiger partial charge in [-0.05, 0) is 125 Å². The Bertz CT molecular complexity index is 2280. The Morgan fingerprint density at radius 3 is 2.34 bits per heavy atom. The first kappa shape index (κ1) is 42.8. The zero-order valence-corrected chi connectivity index (χ0v) is 36.2. The number of alkyl halides is 2. The number of hydrogen-bond donors (Lipinski definition) is 1. The van der Waals surface area contributed by atoms with Crippen molar-refractivity contribution in [1.82, 2.24) is 24.7 Å². The maximum atomic E-state index is 16.0. The molecule has 5 heterocycles. The van der Waals surface area contributed by atoms with Crippen LogP contribution in [0.5, 0.6) is 5.75 Å². The maximum Gasteiger partial charge on any atom is 0.410 e. The quantitative estimate of drug-likeness (QED) is 0.176. The largest absolute Gasteiger partial charge is 0.497 e. The van der Waals surface area contributed by atoms with Gasteiger partial charge in [-0.2, -0.15) is 0 Å². The first-order valence-corrected chi connectivity index (χ1v) is 21.6. The summed E-state index contributed by atoms with van der Waals surface area (Å²) in [5.74, 6) is -2.88. The number of rotatable bonds is 9. The van der Waals surface area contributed by atoms with Gasteiger partial charge in [0.2, 0.25) is 11.9 Å². The highest BCUT2D eigenvalue weighted by Gasteiger charge is 2.47. The molecule has 15 heteroatoms. The molecule has 3 aromatic carbocycles. The van der Waals surface area contributed by atoms with Crippen LogP contribution in [0, 0.1) is 6.92 Å². The van der Waals surface area contributed by atoms with Crippen molar-refractivity contribution in [2.45, 2.75) is 96.4 Å². The van der Waals surface area contributed by atoms with Gasteiger partial charge in [0.05, 0.1) is 38.4 Å². The molecule has 0 aliphatic carbocycles. The number of nitrogens with one attached hydrogen (secondary N) is 1. The Labute approximate surface area is 362 Å². The van der Waals surface area contributed by atoms with Crippen LogP contribution in [0.2, 0.25) is 0 Å². The molecule has 3 saturated heterocycles. The second-order valence-electron chi connectivity index (χ2n) is 17.8. The normalized spacial score (nSPS) is 20.0. The van der Waals surface area contributed by atoms with E-state index in [4.69, 9.17) is 9.47 Å². The van der Waals surface area contributed by atoms with Gasteiger partial charge in [0.15, 0.2) is 0 Å². The van der Waals surface area contributed by atoms with Crippen molar-refractivity contribution in [1.29, 1.82) is 0 Å². The molecule has 4 aliphatic rings. The molecular weight excluding hydrogens is 795 g/mol. The molecule has 0 bridgehead atoms. The number of carbonyl (C=O) groups is 3. The molecule has 4 aliphatic heterocycles. The summed E-state index contributed by atoms with van der Waals surface area (Å²) in [6, 6.07) is 20.2. The average Bonchev–Trinajstić information content (AvgIpc) is 3.25. The predicted octanol–water partition coefficient (Wildman–Crippen LogP) is 8.28. The van der Waals surface area contributed by atoms with E-state index in [1.807, 2.05) is 69.0 Å². The highest BCUT2D eigenvalue weighted by Crippen LogP contribution is 2.42. The number of amides is 4. The SMILES string of the molecule is COc1ccc(CN2C(=O)CCN(c3ccc(N4CCC(N5CCC(c6ccc(Nc7ncc8c(n7)CN(C(=O)OC(C)(C)C)CC8)cc6)C(F)(F)C5)CC4)cc3C)C2=O)cc1. The molecule has 0 radical (unpaired) electrons. The Balaban J connectivity index is 0.830. The number of benzene rings is 3. The average molecular weight is 851 g/mol. The predicted molar refractivity (Wildman–Crippen MR) is 233 cm³/mol. The first-order chi connectivity index (χ1) is 29.6. The molecule has 1 aromatic heterocycles. The minimum Gasteiger partial charge on any atom is -0.497 e. The first-order valence-electron chi connectivity index (χ1n) is 21.6. The van der Waals surface area contributed by atoms with Crippen molar-refractivity contribution in [2.75, 3.05) is 61.5 Å². The molecule has 0 spiro atoms. The van der Waals surface area contributed by atoms with Gasteiger partial charge in [-0.1, -0.05) is 24.3 Å². The summed E-state index contributed by atoms with van der Waals surface area (Å²) < 4.78 is 42.7. The van der Waals surface area contributed by atoms with Crippen LogP contribution in [0.25, 0.3) is 0 Å². The van der Waals surface area contributed by atoms with Gasteiger partial charge in [-0.3, -0.25) is 19.5 Å². The van der Waals surface area contributed by atoms with Crippen LogP contribution < -0.4 is 19.9 Å². The lowest BCUT2D eigenvalue weighted by atomic mass is 9.85. The number of aryl methyl sites for hydroxylation is 1. The van der Waals surface area contributed by atoms with E-state index in [1.165, 1.54) is 4.90 Å². The zero-order chi connectivity index (χ0) is 43.8. The van der Waals surface area contributed by atoms with E-state index >= 15 is 8.78 Å². The van der Waals surface area contributed by atoms with Gasteiger partial charge in [-0.25, -0.2) is 28.3 Å². The lowest BCUT2D eigenvalue weighted by Crippen LogP contribution is -2.54. The van der Waals surface area contributed by atoms with Gasteiger partial charge >= 0.3 is 12.1 Å². The van der Waals surface area contributed by atoms with Crippen LogP contribution >= 0.6 is 0 Å². The summed E-state index contributed by atoms with van der Waals surface area (Å²) >= 11 is 0. The molecule has 0 saturated carbocycles. The fourth-order valence-corrected chi connectivity index (χ4v) is 9.07. The van der Waals surface area contributed by atoms with Crippen LogP contribution in [0.3, 0.4) is 0 Å². The molecule has 4 amide bonds. The molecule has 4 aromatic rings. The Hall–Kier alpha value is -5.83. The maximum absolute atomic E-state index is 16.0. The van der Waals surface area contributed by atoms with E-state index < -0.39 is 17.4 Å². The number of halogens is 2. The number of imide groups is 1. The Morgan fingerprint density at radius 1 is 0.919 bits per heavy atom. The fraction of sp³-hybridized carbons (Fsp3) is 0.468. The second-order valence-corrected chi connectivity index (χ2v) is 17.8. The molecule has 328 valence electrons. The van der Waals surface area contributed by atoms with Crippen molar-refractivity contribution in [3.63, 3.8) is 0 Å². The topological polar surface area (TPSA) is 124 Å². The van der Waals surface area contributed by atoms with Gasteiger partial charge in [0, 0.05) is 61.9 Å². The number of ether oxygens (including phenoxy) is 2. The molecule has 1 N–H and O–H groups in total. The molecule has 13 nitrogen and oxygen atoms in total. The number of hydrogen-bond acceptors (Lipinski definition) is 10. The van der Waals surface area contributed by atoms with Crippen molar-refractivity contribution in [3.8, 4) is 5.75 Å². The minimum atomic E-state index is -2.89. The summed E-state index contributed by atoms with van der Waals surface area (Å²) in [4.78, 5) is 57.1. The van der Waals surface area contributed by atoms with E-state index in [9.17, 15) is 14.4 Å². The highest BCUT2D eigenvalue weighted by molar-refractivity contribution is 6.06. The lowest BCUT2D eigenvalue weighted by molar-refractivity contribution is -0.129. The molecule has 62 heavy (non-hydrogen) atoms. The number of aromatic nitrogens is 2. The van der Waals surface area contributed by atoms with Crippen LogP contribution in [-0.4, -0.2) is 107 Å². The molecule has 3 fully saturated rings. The number of likely N-dealkylation sites (tertiary alicyclic amines) is 1. The van der Waals surface area contributed by atoms with E-state index in [-0.39, 0.29) is 43.6 Å².